The molecule has 2 N–H and O–H groups in total. The van der Waals surface area contributed by atoms with Gasteiger partial charge in [0.1, 0.15) is 17.5 Å². The monoisotopic (exact) mass is 362 g/mol. The Morgan fingerprint density at radius 3 is 2.23 bits per heavy atom. The SMILES string of the molecule is CCN(CC)c1ccc(CNC(=O)C(=O)Nc2cc(F)cc(F)c2)cn1. The van der Waals surface area contributed by atoms with Crippen molar-refractivity contribution >= 4 is 23.3 Å². The molecule has 26 heavy (non-hydrogen) atoms. The van der Waals surface area contributed by atoms with Crippen LogP contribution in [0.2, 0.25) is 0 Å². The first-order valence-corrected chi connectivity index (χ1v) is 8.18. The Kier molecular flexibility index (Phi) is 6.60. The number of halogens is 2. The standard InChI is InChI=1S/C18H20F2N4O2/c1-3-24(4-2)16-6-5-12(10-21-16)11-22-17(25)18(26)23-15-8-13(19)7-14(20)9-15/h5-10H,3-4,11H2,1-2H3,(H,22,25)(H,23,26). The molecular weight excluding hydrogens is 342 g/mol. The van der Waals surface area contributed by atoms with E-state index in [2.05, 4.69) is 20.5 Å². The summed E-state index contributed by atoms with van der Waals surface area (Å²) in [5, 5.41) is 4.58. The number of hydrogen-bond acceptors (Lipinski definition) is 4. The Labute approximate surface area is 150 Å². The lowest BCUT2D eigenvalue weighted by atomic mass is 10.2. The van der Waals surface area contributed by atoms with Crippen molar-refractivity contribution < 1.29 is 18.4 Å². The largest absolute Gasteiger partial charge is 0.357 e. The summed E-state index contributed by atoms with van der Waals surface area (Å²) in [6.45, 7) is 5.83. The van der Waals surface area contributed by atoms with Gasteiger partial charge in [-0.2, -0.15) is 0 Å². The predicted octanol–water partition coefficient (Wildman–Crippen LogP) is 2.46. The molecule has 2 rings (SSSR count). The predicted molar refractivity (Wildman–Crippen MR) is 94.6 cm³/mol. The maximum atomic E-state index is 13.1. The average Bonchev–Trinajstić information content (AvgIpc) is 2.60. The van der Waals surface area contributed by atoms with Crippen molar-refractivity contribution in [2.75, 3.05) is 23.3 Å². The van der Waals surface area contributed by atoms with Gasteiger partial charge in [0.15, 0.2) is 0 Å². The van der Waals surface area contributed by atoms with Crippen LogP contribution in [0.4, 0.5) is 20.3 Å². The van der Waals surface area contributed by atoms with Gasteiger partial charge < -0.3 is 15.5 Å². The minimum absolute atomic E-state index is 0.106. The molecule has 1 aromatic heterocycles. The fourth-order valence-electron chi connectivity index (χ4n) is 2.33. The van der Waals surface area contributed by atoms with Crippen LogP contribution < -0.4 is 15.5 Å². The van der Waals surface area contributed by atoms with Crippen molar-refractivity contribution in [2.24, 2.45) is 0 Å². The van der Waals surface area contributed by atoms with Crippen molar-refractivity contribution in [3.05, 3.63) is 53.7 Å². The summed E-state index contributed by atoms with van der Waals surface area (Å²) in [6.07, 6.45) is 1.62. The summed E-state index contributed by atoms with van der Waals surface area (Å²) in [4.78, 5) is 30.0. The molecule has 2 amide bonds. The van der Waals surface area contributed by atoms with Gasteiger partial charge in [-0.15, -0.1) is 0 Å². The molecule has 138 valence electrons. The van der Waals surface area contributed by atoms with Gasteiger partial charge in [0, 0.05) is 37.6 Å². The lowest BCUT2D eigenvalue weighted by molar-refractivity contribution is -0.136. The highest BCUT2D eigenvalue weighted by molar-refractivity contribution is 6.39. The van der Waals surface area contributed by atoms with Crippen molar-refractivity contribution in [3.8, 4) is 0 Å². The summed E-state index contributed by atoms with van der Waals surface area (Å²) >= 11 is 0. The lowest BCUT2D eigenvalue weighted by Gasteiger charge is -2.19. The Morgan fingerprint density at radius 2 is 1.69 bits per heavy atom. The number of benzene rings is 1. The highest BCUT2D eigenvalue weighted by atomic mass is 19.1. The van der Waals surface area contributed by atoms with Crippen LogP contribution in [-0.2, 0) is 16.1 Å². The van der Waals surface area contributed by atoms with Crippen molar-refractivity contribution in [1.29, 1.82) is 0 Å². The van der Waals surface area contributed by atoms with Crippen molar-refractivity contribution in [2.45, 2.75) is 20.4 Å². The van der Waals surface area contributed by atoms with Crippen LogP contribution in [0.15, 0.2) is 36.5 Å². The van der Waals surface area contributed by atoms with Crippen LogP contribution in [0.3, 0.4) is 0 Å². The molecule has 0 spiro atoms. The quantitative estimate of drug-likeness (QED) is 0.774. The molecule has 0 aliphatic heterocycles. The molecule has 0 unspecified atom stereocenters. The molecule has 1 heterocycles. The van der Waals surface area contributed by atoms with Gasteiger partial charge in [0.2, 0.25) is 0 Å². The fraction of sp³-hybridized carbons (Fsp3) is 0.278. The van der Waals surface area contributed by atoms with E-state index in [0.29, 0.717) is 6.07 Å². The van der Waals surface area contributed by atoms with E-state index in [9.17, 15) is 18.4 Å². The van der Waals surface area contributed by atoms with E-state index in [1.54, 1.807) is 12.3 Å². The third-order valence-electron chi connectivity index (χ3n) is 3.68. The molecule has 2 aromatic rings. The van der Waals surface area contributed by atoms with Crippen LogP contribution in [-0.4, -0.2) is 29.9 Å². The van der Waals surface area contributed by atoms with Gasteiger partial charge in [-0.1, -0.05) is 6.07 Å². The van der Waals surface area contributed by atoms with E-state index in [1.807, 2.05) is 19.9 Å². The molecule has 0 aliphatic carbocycles. The first kappa shape index (κ1) is 19.3. The molecule has 1 aromatic carbocycles. The Bertz CT molecular complexity index is 757. The van der Waals surface area contributed by atoms with Crippen LogP contribution in [0.1, 0.15) is 19.4 Å². The molecule has 0 aliphatic rings. The maximum Gasteiger partial charge on any atom is 0.313 e. The zero-order valence-corrected chi connectivity index (χ0v) is 14.6. The van der Waals surface area contributed by atoms with Crippen LogP contribution in [0, 0.1) is 11.6 Å². The van der Waals surface area contributed by atoms with E-state index in [4.69, 9.17) is 0 Å². The first-order chi connectivity index (χ1) is 12.4. The number of carbonyl (C=O) groups is 2. The number of hydrogen-bond donors (Lipinski definition) is 2. The zero-order chi connectivity index (χ0) is 19.1. The number of carbonyl (C=O) groups excluding carboxylic acids is 2. The van der Waals surface area contributed by atoms with Crippen molar-refractivity contribution in [3.63, 3.8) is 0 Å². The van der Waals surface area contributed by atoms with Gasteiger partial charge in [-0.3, -0.25) is 9.59 Å². The number of amides is 2. The smallest absolute Gasteiger partial charge is 0.313 e. The lowest BCUT2D eigenvalue weighted by Crippen LogP contribution is -2.35. The summed E-state index contributed by atoms with van der Waals surface area (Å²) in [6, 6.07) is 6.16. The Morgan fingerprint density at radius 1 is 1.04 bits per heavy atom. The van der Waals surface area contributed by atoms with Crippen molar-refractivity contribution in [1.82, 2.24) is 10.3 Å². The summed E-state index contributed by atoms with van der Waals surface area (Å²) in [5.74, 6) is -2.79. The Balaban J connectivity index is 1.90. The highest BCUT2D eigenvalue weighted by Gasteiger charge is 2.14. The van der Waals surface area contributed by atoms with Gasteiger partial charge >= 0.3 is 11.8 Å². The molecule has 6 nitrogen and oxygen atoms in total. The summed E-state index contributed by atoms with van der Waals surface area (Å²) in [7, 11) is 0. The topological polar surface area (TPSA) is 74.3 Å². The third-order valence-corrected chi connectivity index (χ3v) is 3.68. The molecule has 0 bridgehead atoms. The molecule has 0 radical (unpaired) electrons. The second-order valence-electron chi connectivity index (χ2n) is 5.49. The van der Waals surface area contributed by atoms with Crippen LogP contribution >= 0.6 is 0 Å². The molecule has 0 saturated carbocycles. The molecule has 0 saturated heterocycles. The van der Waals surface area contributed by atoms with Crippen LogP contribution in [0.5, 0.6) is 0 Å². The Hall–Kier alpha value is -3.03. The van der Waals surface area contributed by atoms with Gasteiger partial charge in [-0.05, 0) is 37.6 Å². The second kappa shape index (κ2) is 8.89. The van der Waals surface area contributed by atoms with E-state index in [-0.39, 0.29) is 12.2 Å². The van der Waals surface area contributed by atoms with Crippen LogP contribution in [0.25, 0.3) is 0 Å². The average molecular weight is 362 g/mol. The number of aromatic nitrogens is 1. The number of nitrogens with one attached hydrogen (secondary N) is 2. The normalized spacial score (nSPS) is 10.3. The van der Waals surface area contributed by atoms with E-state index in [0.717, 1.165) is 36.6 Å². The zero-order valence-electron chi connectivity index (χ0n) is 14.6. The molecule has 0 fully saturated rings. The third kappa shape index (κ3) is 5.23. The molecular formula is C18H20F2N4O2. The van der Waals surface area contributed by atoms with E-state index < -0.39 is 23.4 Å². The maximum absolute atomic E-state index is 13.1. The minimum atomic E-state index is -1.01. The molecule has 0 atom stereocenters. The number of anilines is 2. The summed E-state index contributed by atoms with van der Waals surface area (Å²) < 4.78 is 26.2. The van der Waals surface area contributed by atoms with E-state index in [1.165, 1.54) is 0 Å². The number of pyridine rings is 1. The number of rotatable bonds is 6. The number of nitrogens with zero attached hydrogens (tertiary/aromatic N) is 2. The second-order valence-corrected chi connectivity index (χ2v) is 5.49. The molecule has 8 heteroatoms. The summed E-state index contributed by atoms with van der Waals surface area (Å²) in [5.41, 5.74) is 0.590. The van der Waals surface area contributed by atoms with Gasteiger partial charge in [0.05, 0.1) is 0 Å². The first-order valence-electron chi connectivity index (χ1n) is 8.18. The highest BCUT2D eigenvalue weighted by Crippen LogP contribution is 2.13. The van der Waals surface area contributed by atoms with Gasteiger partial charge in [0.25, 0.3) is 0 Å². The van der Waals surface area contributed by atoms with E-state index >= 15 is 0 Å². The fourth-order valence-corrected chi connectivity index (χ4v) is 2.33. The minimum Gasteiger partial charge on any atom is -0.357 e. The van der Waals surface area contributed by atoms with Gasteiger partial charge in [-0.25, -0.2) is 13.8 Å².